The van der Waals surface area contributed by atoms with Crippen molar-refractivity contribution in [1.82, 2.24) is 5.32 Å². The standard InChI is InChI=1S/C13H18FNO2/c1-4-13(15-5-2,12(16)17-3)10-7-6-8-11(14)9-10/h6-9,15H,4-5H2,1-3H3. The molecule has 3 nitrogen and oxygen atoms in total. The van der Waals surface area contributed by atoms with Crippen molar-refractivity contribution >= 4 is 5.97 Å². The van der Waals surface area contributed by atoms with E-state index in [1.807, 2.05) is 13.8 Å². The van der Waals surface area contributed by atoms with E-state index in [4.69, 9.17) is 4.74 Å². The van der Waals surface area contributed by atoms with Gasteiger partial charge in [0.15, 0.2) is 0 Å². The van der Waals surface area contributed by atoms with Gasteiger partial charge in [0.1, 0.15) is 11.4 Å². The number of hydrogen-bond acceptors (Lipinski definition) is 3. The van der Waals surface area contributed by atoms with Gasteiger partial charge in [-0.25, -0.2) is 9.18 Å². The lowest BCUT2D eigenvalue weighted by Crippen LogP contribution is -2.49. The van der Waals surface area contributed by atoms with Gasteiger partial charge in [-0.3, -0.25) is 5.32 Å². The van der Waals surface area contributed by atoms with Crippen molar-refractivity contribution in [1.29, 1.82) is 0 Å². The topological polar surface area (TPSA) is 38.3 Å². The number of ether oxygens (including phenoxy) is 1. The summed E-state index contributed by atoms with van der Waals surface area (Å²) in [7, 11) is 1.34. The average Bonchev–Trinajstić information content (AvgIpc) is 2.35. The van der Waals surface area contributed by atoms with Crippen molar-refractivity contribution in [2.75, 3.05) is 13.7 Å². The first kappa shape index (κ1) is 13.6. The molecule has 0 saturated heterocycles. The van der Waals surface area contributed by atoms with Crippen LogP contribution in [-0.2, 0) is 15.1 Å². The van der Waals surface area contributed by atoms with Gasteiger partial charge in [-0.05, 0) is 30.7 Å². The third kappa shape index (κ3) is 2.64. The molecule has 1 unspecified atom stereocenters. The number of methoxy groups -OCH3 is 1. The number of halogens is 1. The minimum absolute atomic E-state index is 0.359. The smallest absolute Gasteiger partial charge is 0.330 e. The molecule has 0 amide bonds. The van der Waals surface area contributed by atoms with E-state index in [2.05, 4.69) is 5.32 Å². The highest BCUT2D eigenvalue weighted by molar-refractivity contribution is 5.82. The van der Waals surface area contributed by atoms with E-state index >= 15 is 0 Å². The van der Waals surface area contributed by atoms with Crippen LogP contribution in [-0.4, -0.2) is 19.6 Å². The minimum atomic E-state index is -0.967. The maximum absolute atomic E-state index is 13.3. The molecule has 0 heterocycles. The van der Waals surface area contributed by atoms with Crippen LogP contribution in [0.4, 0.5) is 4.39 Å². The Kier molecular flexibility index (Phi) is 4.63. The summed E-state index contributed by atoms with van der Waals surface area (Å²) in [6.07, 6.45) is 0.497. The molecule has 94 valence electrons. The molecule has 0 radical (unpaired) electrons. The lowest BCUT2D eigenvalue weighted by Gasteiger charge is -2.31. The fourth-order valence-corrected chi connectivity index (χ4v) is 2.00. The van der Waals surface area contributed by atoms with Crippen molar-refractivity contribution in [2.24, 2.45) is 0 Å². The Morgan fingerprint density at radius 3 is 2.65 bits per heavy atom. The fraction of sp³-hybridized carbons (Fsp3) is 0.462. The zero-order valence-electron chi connectivity index (χ0n) is 10.4. The summed E-state index contributed by atoms with van der Waals surface area (Å²) in [5, 5.41) is 3.10. The molecule has 0 aliphatic heterocycles. The number of benzene rings is 1. The van der Waals surface area contributed by atoms with Crippen molar-refractivity contribution < 1.29 is 13.9 Å². The van der Waals surface area contributed by atoms with Crippen LogP contribution >= 0.6 is 0 Å². The largest absolute Gasteiger partial charge is 0.467 e. The second-order valence-corrected chi connectivity index (χ2v) is 3.79. The van der Waals surface area contributed by atoms with Crippen molar-refractivity contribution in [3.63, 3.8) is 0 Å². The van der Waals surface area contributed by atoms with Gasteiger partial charge in [-0.1, -0.05) is 26.0 Å². The summed E-state index contributed by atoms with van der Waals surface area (Å²) in [6.45, 7) is 4.36. The summed E-state index contributed by atoms with van der Waals surface area (Å²) >= 11 is 0. The first-order valence-corrected chi connectivity index (χ1v) is 5.70. The summed E-state index contributed by atoms with van der Waals surface area (Å²) in [5.41, 5.74) is -0.375. The first-order chi connectivity index (χ1) is 8.10. The Labute approximate surface area is 101 Å². The zero-order chi connectivity index (χ0) is 12.9. The maximum atomic E-state index is 13.3. The van der Waals surface area contributed by atoms with Gasteiger partial charge in [0, 0.05) is 0 Å². The van der Waals surface area contributed by atoms with Crippen LogP contribution in [0.5, 0.6) is 0 Å². The lowest BCUT2D eigenvalue weighted by molar-refractivity contribution is -0.149. The van der Waals surface area contributed by atoms with Crippen molar-refractivity contribution in [3.8, 4) is 0 Å². The van der Waals surface area contributed by atoms with E-state index in [1.165, 1.54) is 19.2 Å². The highest BCUT2D eigenvalue weighted by Crippen LogP contribution is 2.27. The summed E-state index contributed by atoms with van der Waals surface area (Å²) < 4.78 is 18.1. The monoisotopic (exact) mass is 239 g/mol. The van der Waals surface area contributed by atoms with Crippen LogP contribution < -0.4 is 5.32 Å². The second-order valence-electron chi connectivity index (χ2n) is 3.79. The Balaban J connectivity index is 3.25. The van der Waals surface area contributed by atoms with Gasteiger partial charge in [0.05, 0.1) is 7.11 Å². The SMILES string of the molecule is CCNC(CC)(C(=O)OC)c1cccc(F)c1. The molecule has 0 bridgehead atoms. The highest BCUT2D eigenvalue weighted by atomic mass is 19.1. The maximum Gasteiger partial charge on any atom is 0.330 e. The molecule has 0 spiro atoms. The van der Waals surface area contributed by atoms with Crippen molar-refractivity contribution in [2.45, 2.75) is 25.8 Å². The Hall–Kier alpha value is -1.42. The number of carbonyl (C=O) groups excluding carboxylic acids is 1. The quantitative estimate of drug-likeness (QED) is 0.801. The number of nitrogens with one attached hydrogen (secondary N) is 1. The Morgan fingerprint density at radius 2 is 2.18 bits per heavy atom. The molecule has 0 aliphatic rings. The van der Waals surface area contributed by atoms with E-state index < -0.39 is 11.5 Å². The van der Waals surface area contributed by atoms with E-state index in [9.17, 15) is 9.18 Å². The number of likely N-dealkylation sites (N-methyl/N-ethyl adjacent to an activating group) is 1. The molecule has 4 heteroatoms. The van der Waals surface area contributed by atoms with E-state index in [1.54, 1.807) is 12.1 Å². The molecule has 0 saturated carbocycles. The zero-order valence-corrected chi connectivity index (χ0v) is 10.4. The summed E-state index contributed by atoms with van der Waals surface area (Å²) in [4.78, 5) is 12.0. The number of esters is 1. The predicted molar refractivity (Wildman–Crippen MR) is 64.1 cm³/mol. The van der Waals surface area contributed by atoms with Gasteiger partial charge in [0.2, 0.25) is 0 Å². The molecule has 0 aliphatic carbocycles. The van der Waals surface area contributed by atoms with E-state index in [0.717, 1.165) is 0 Å². The predicted octanol–water partition coefficient (Wildman–Crippen LogP) is 2.21. The lowest BCUT2D eigenvalue weighted by atomic mass is 9.87. The highest BCUT2D eigenvalue weighted by Gasteiger charge is 2.39. The van der Waals surface area contributed by atoms with Gasteiger partial charge in [-0.15, -0.1) is 0 Å². The fourth-order valence-electron chi connectivity index (χ4n) is 2.00. The minimum Gasteiger partial charge on any atom is -0.467 e. The third-order valence-corrected chi connectivity index (χ3v) is 2.86. The molecule has 0 fully saturated rings. The Bertz CT molecular complexity index is 395. The molecule has 1 atom stereocenters. The molecule has 1 aromatic rings. The van der Waals surface area contributed by atoms with Crippen LogP contribution in [0.15, 0.2) is 24.3 Å². The third-order valence-electron chi connectivity index (χ3n) is 2.86. The molecule has 1 aromatic carbocycles. The number of hydrogen-bond donors (Lipinski definition) is 1. The summed E-state index contributed by atoms with van der Waals surface area (Å²) in [5.74, 6) is -0.755. The molecule has 17 heavy (non-hydrogen) atoms. The summed E-state index contributed by atoms with van der Waals surface area (Å²) in [6, 6.07) is 6.04. The molecule has 0 aromatic heterocycles. The molecular formula is C13H18FNO2. The van der Waals surface area contributed by atoms with Gasteiger partial charge in [0.25, 0.3) is 0 Å². The van der Waals surface area contributed by atoms with Crippen LogP contribution in [0.1, 0.15) is 25.8 Å². The van der Waals surface area contributed by atoms with Crippen molar-refractivity contribution in [3.05, 3.63) is 35.6 Å². The first-order valence-electron chi connectivity index (χ1n) is 5.70. The van der Waals surface area contributed by atoms with Crippen LogP contribution in [0.3, 0.4) is 0 Å². The van der Waals surface area contributed by atoms with Gasteiger partial charge in [-0.2, -0.15) is 0 Å². The molecule has 1 N–H and O–H groups in total. The van der Waals surface area contributed by atoms with Gasteiger partial charge < -0.3 is 4.74 Å². The van der Waals surface area contributed by atoms with Crippen LogP contribution in [0, 0.1) is 5.82 Å². The Morgan fingerprint density at radius 1 is 1.47 bits per heavy atom. The van der Waals surface area contributed by atoms with E-state index in [-0.39, 0.29) is 5.82 Å². The average molecular weight is 239 g/mol. The molecule has 1 rings (SSSR count). The van der Waals surface area contributed by atoms with Gasteiger partial charge >= 0.3 is 5.97 Å². The van der Waals surface area contributed by atoms with E-state index in [0.29, 0.717) is 18.5 Å². The molecular weight excluding hydrogens is 221 g/mol. The van der Waals surface area contributed by atoms with Crippen LogP contribution in [0.25, 0.3) is 0 Å². The number of carbonyl (C=O) groups is 1. The van der Waals surface area contributed by atoms with Crippen LogP contribution in [0.2, 0.25) is 0 Å². The normalized spacial score (nSPS) is 14.1. The second kappa shape index (κ2) is 5.77. The number of rotatable bonds is 5.